The van der Waals surface area contributed by atoms with Crippen molar-refractivity contribution in [2.75, 3.05) is 25.1 Å². The van der Waals surface area contributed by atoms with E-state index in [4.69, 9.17) is 16.3 Å². The number of amides is 2. The van der Waals surface area contributed by atoms with Crippen LogP contribution < -0.4 is 10.6 Å². The van der Waals surface area contributed by atoms with Gasteiger partial charge in [-0.15, -0.1) is 0 Å². The van der Waals surface area contributed by atoms with E-state index in [1.54, 1.807) is 18.2 Å². The molecular formula is C25H26ClN3O3. The van der Waals surface area contributed by atoms with Crippen LogP contribution in [0.1, 0.15) is 56.8 Å². The lowest BCUT2D eigenvalue weighted by Crippen LogP contribution is -2.33. The van der Waals surface area contributed by atoms with Crippen molar-refractivity contribution in [3.05, 3.63) is 69.5 Å². The number of rotatable bonds is 5. The number of carbonyl (C=O) groups is 2. The second kappa shape index (κ2) is 10.1. The van der Waals surface area contributed by atoms with E-state index >= 15 is 0 Å². The van der Waals surface area contributed by atoms with Gasteiger partial charge < -0.3 is 15.4 Å². The van der Waals surface area contributed by atoms with E-state index < -0.39 is 0 Å². The summed E-state index contributed by atoms with van der Waals surface area (Å²) >= 11 is 6.06. The van der Waals surface area contributed by atoms with Gasteiger partial charge in [-0.25, -0.2) is 4.98 Å². The van der Waals surface area contributed by atoms with Crippen LogP contribution in [0.2, 0.25) is 5.15 Å². The van der Waals surface area contributed by atoms with Crippen molar-refractivity contribution in [3.8, 4) is 0 Å². The molecule has 6 nitrogen and oxygen atoms in total. The van der Waals surface area contributed by atoms with Crippen LogP contribution in [0.15, 0.2) is 36.4 Å². The predicted molar refractivity (Wildman–Crippen MR) is 127 cm³/mol. The summed E-state index contributed by atoms with van der Waals surface area (Å²) in [6, 6.07) is 6.91. The zero-order chi connectivity index (χ0) is 22.5. The van der Waals surface area contributed by atoms with Crippen molar-refractivity contribution in [1.82, 2.24) is 10.3 Å². The average Bonchev–Trinajstić information content (AvgIpc) is 3.06. The quantitative estimate of drug-likeness (QED) is 0.635. The SMILES string of the molecule is Cc1ccc(C(=O)Nc2ccc(Cl)nc2C(=O)NCC2CCOCC2)c2c1C=CCC=C2. The number of anilines is 1. The molecule has 2 aromatic rings. The molecule has 1 saturated heterocycles. The van der Waals surface area contributed by atoms with Crippen LogP contribution in [0.25, 0.3) is 12.2 Å². The molecule has 1 aromatic carbocycles. The number of carbonyl (C=O) groups excluding carboxylic acids is 2. The molecule has 0 unspecified atom stereocenters. The first-order valence-corrected chi connectivity index (χ1v) is 11.2. The Kier molecular flexibility index (Phi) is 7.02. The van der Waals surface area contributed by atoms with Gasteiger partial charge in [-0.3, -0.25) is 9.59 Å². The van der Waals surface area contributed by atoms with Gasteiger partial charge in [0.2, 0.25) is 0 Å². The minimum absolute atomic E-state index is 0.103. The van der Waals surface area contributed by atoms with E-state index in [2.05, 4.69) is 21.7 Å². The fraction of sp³-hybridized carbons (Fsp3) is 0.320. The maximum Gasteiger partial charge on any atom is 0.272 e. The standard InChI is InChI=1S/C25H26ClN3O3/c1-16-7-8-20(19-6-4-2-3-5-18(16)19)24(30)28-21-9-10-22(26)29-23(21)25(31)27-15-17-11-13-32-14-12-17/h3-10,17H,2,11-15H2,1H3,(H,27,31)(H,28,30). The number of benzene rings is 1. The second-order valence-electron chi connectivity index (χ2n) is 8.05. The molecule has 0 bridgehead atoms. The van der Waals surface area contributed by atoms with Crippen LogP contribution in [0.3, 0.4) is 0 Å². The lowest BCUT2D eigenvalue weighted by atomic mass is 9.96. The van der Waals surface area contributed by atoms with Crippen molar-refractivity contribution >= 4 is 41.3 Å². The summed E-state index contributed by atoms with van der Waals surface area (Å²) < 4.78 is 5.37. The largest absolute Gasteiger partial charge is 0.381 e. The molecule has 0 spiro atoms. The molecular weight excluding hydrogens is 426 g/mol. The van der Waals surface area contributed by atoms with Crippen molar-refractivity contribution in [1.29, 1.82) is 0 Å². The number of pyridine rings is 1. The number of nitrogens with zero attached hydrogens (tertiary/aromatic N) is 1. The van der Waals surface area contributed by atoms with E-state index in [0.29, 0.717) is 36.9 Å². The number of hydrogen-bond acceptors (Lipinski definition) is 4. The molecule has 2 N–H and O–H groups in total. The molecule has 1 aliphatic carbocycles. The smallest absolute Gasteiger partial charge is 0.272 e. The Morgan fingerprint density at radius 3 is 2.59 bits per heavy atom. The van der Waals surface area contributed by atoms with Crippen molar-refractivity contribution in [3.63, 3.8) is 0 Å². The molecule has 2 amide bonds. The monoisotopic (exact) mass is 451 g/mol. The van der Waals surface area contributed by atoms with Crippen molar-refractivity contribution < 1.29 is 14.3 Å². The van der Waals surface area contributed by atoms with Gasteiger partial charge in [0.25, 0.3) is 11.8 Å². The summed E-state index contributed by atoms with van der Waals surface area (Å²) in [6.07, 6.45) is 10.7. The normalized spacial score (nSPS) is 15.7. The van der Waals surface area contributed by atoms with Gasteiger partial charge in [0.1, 0.15) is 5.15 Å². The maximum absolute atomic E-state index is 13.2. The first kappa shape index (κ1) is 22.2. The zero-order valence-corrected chi connectivity index (χ0v) is 18.7. The highest BCUT2D eigenvalue weighted by Gasteiger charge is 2.21. The molecule has 0 atom stereocenters. The van der Waals surface area contributed by atoms with Gasteiger partial charge in [-0.2, -0.15) is 0 Å². The Hall–Kier alpha value is -2.96. The Balaban J connectivity index is 1.55. The van der Waals surface area contributed by atoms with Gasteiger partial charge in [-0.05, 0) is 67.0 Å². The van der Waals surface area contributed by atoms with Crippen molar-refractivity contribution in [2.45, 2.75) is 26.2 Å². The van der Waals surface area contributed by atoms with Gasteiger partial charge in [-0.1, -0.05) is 42.0 Å². The average molecular weight is 452 g/mol. The molecule has 2 heterocycles. The molecule has 1 aromatic heterocycles. The van der Waals surface area contributed by atoms with Crippen LogP contribution in [-0.2, 0) is 4.74 Å². The lowest BCUT2D eigenvalue weighted by molar-refractivity contribution is 0.0642. The molecule has 1 fully saturated rings. The fourth-order valence-electron chi connectivity index (χ4n) is 3.96. The van der Waals surface area contributed by atoms with Crippen LogP contribution in [0, 0.1) is 12.8 Å². The second-order valence-corrected chi connectivity index (χ2v) is 8.44. The van der Waals surface area contributed by atoms with E-state index in [0.717, 1.165) is 36.0 Å². The lowest BCUT2D eigenvalue weighted by Gasteiger charge is -2.22. The van der Waals surface area contributed by atoms with Gasteiger partial charge >= 0.3 is 0 Å². The predicted octanol–water partition coefficient (Wildman–Crippen LogP) is 4.88. The molecule has 0 radical (unpaired) electrons. The third-order valence-electron chi connectivity index (χ3n) is 5.81. The zero-order valence-electron chi connectivity index (χ0n) is 18.0. The van der Waals surface area contributed by atoms with Gasteiger partial charge in [0.05, 0.1) is 5.69 Å². The number of fused-ring (bicyclic) bond motifs is 1. The molecule has 4 rings (SSSR count). The summed E-state index contributed by atoms with van der Waals surface area (Å²) in [7, 11) is 0. The molecule has 7 heteroatoms. The summed E-state index contributed by atoms with van der Waals surface area (Å²) in [5, 5.41) is 5.98. The first-order valence-electron chi connectivity index (χ1n) is 10.8. The molecule has 0 saturated carbocycles. The molecule has 32 heavy (non-hydrogen) atoms. The van der Waals surface area contributed by atoms with Crippen LogP contribution in [-0.4, -0.2) is 36.6 Å². The number of nitrogens with one attached hydrogen (secondary N) is 2. The fourth-order valence-corrected chi connectivity index (χ4v) is 4.11. The number of ether oxygens (including phenoxy) is 1. The highest BCUT2D eigenvalue weighted by atomic mass is 35.5. The summed E-state index contributed by atoms with van der Waals surface area (Å²) in [6.45, 7) is 3.98. The third-order valence-corrected chi connectivity index (χ3v) is 6.02. The maximum atomic E-state index is 13.2. The van der Waals surface area contributed by atoms with E-state index in [-0.39, 0.29) is 22.7 Å². The molecule has 1 aliphatic heterocycles. The number of allylic oxidation sites excluding steroid dienone is 2. The highest BCUT2D eigenvalue weighted by molar-refractivity contribution is 6.29. The van der Waals surface area contributed by atoms with E-state index in [1.807, 2.05) is 31.2 Å². The number of hydrogen-bond donors (Lipinski definition) is 2. The molecule has 2 aliphatic rings. The van der Waals surface area contributed by atoms with Crippen molar-refractivity contribution in [2.24, 2.45) is 5.92 Å². The van der Waals surface area contributed by atoms with E-state index in [9.17, 15) is 9.59 Å². The summed E-state index contributed by atoms with van der Waals surface area (Å²) in [4.78, 5) is 30.3. The van der Waals surface area contributed by atoms with Crippen LogP contribution in [0.4, 0.5) is 5.69 Å². The number of halogens is 1. The Morgan fingerprint density at radius 2 is 1.81 bits per heavy atom. The minimum Gasteiger partial charge on any atom is -0.381 e. The first-order chi connectivity index (χ1) is 15.5. The Morgan fingerprint density at radius 1 is 1.06 bits per heavy atom. The Labute approximate surface area is 192 Å². The summed E-state index contributed by atoms with van der Waals surface area (Å²) in [5.74, 6) is -0.295. The molecule has 166 valence electrons. The number of aromatic nitrogens is 1. The van der Waals surface area contributed by atoms with Gasteiger partial charge in [0, 0.05) is 25.3 Å². The third kappa shape index (κ3) is 5.09. The Bertz CT molecular complexity index is 1090. The number of aryl methyl sites for hydroxylation is 1. The van der Waals surface area contributed by atoms with Gasteiger partial charge in [0.15, 0.2) is 5.69 Å². The van der Waals surface area contributed by atoms with Crippen LogP contribution >= 0.6 is 11.6 Å². The van der Waals surface area contributed by atoms with Crippen LogP contribution in [0.5, 0.6) is 0 Å². The minimum atomic E-state index is -0.361. The highest BCUT2D eigenvalue weighted by Crippen LogP contribution is 2.26. The van der Waals surface area contributed by atoms with E-state index in [1.165, 1.54) is 0 Å². The summed E-state index contributed by atoms with van der Waals surface area (Å²) in [5.41, 5.74) is 3.95. The topological polar surface area (TPSA) is 80.3 Å².